The molecule has 0 saturated carbocycles. The van der Waals surface area contributed by atoms with E-state index in [2.05, 4.69) is 36.8 Å². The third kappa shape index (κ3) is 4.14. The number of hydrogen-bond acceptors (Lipinski definition) is 8. The number of halogens is 1. The highest BCUT2D eigenvalue weighted by Gasteiger charge is 2.17. The summed E-state index contributed by atoms with van der Waals surface area (Å²) < 4.78 is 26.9. The number of carbonyl (C=O) groups is 1. The maximum atomic E-state index is 12.2. The van der Waals surface area contributed by atoms with Crippen LogP contribution in [0.3, 0.4) is 0 Å². The van der Waals surface area contributed by atoms with Gasteiger partial charge >= 0.3 is 12.0 Å². The molecule has 3 aromatic rings. The van der Waals surface area contributed by atoms with Crippen molar-refractivity contribution in [1.29, 1.82) is 0 Å². The van der Waals surface area contributed by atoms with E-state index in [1.165, 1.54) is 21.3 Å². The van der Waals surface area contributed by atoms with Crippen molar-refractivity contribution in [1.82, 2.24) is 10.2 Å². The second-order valence-electron chi connectivity index (χ2n) is 5.01. The van der Waals surface area contributed by atoms with Gasteiger partial charge in [0.25, 0.3) is 5.89 Å². The molecule has 0 aliphatic carbocycles. The van der Waals surface area contributed by atoms with Crippen LogP contribution in [0.5, 0.6) is 17.2 Å². The van der Waals surface area contributed by atoms with E-state index >= 15 is 0 Å². The number of furan rings is 1. The predicted octanol–water partition coefficient (Wildman–Crippen LogP) is 3.76. The van der Waals surface area contributed by atoms with Crippen LogP contribution >= 0.6 is 15.9 Å². The number of rotatable bonds is 6. The van der Waals surface area contributed by atoms with E-state index in [1.54, 1.807) is 24.3 Å². The molecule has 0 atom stereocenters. The van der Waals surface area contributed by atoms with Crippen LogP contribution in [-0.2, 0) is 0 Å². The van der Waals surface area contributed by atoms with Crippen molar-refractivity contribution in [3.63, 3.8) is 0 Å². The number of amides is 2. The lowest BCUT2D eigenvalue weighted by Gasteiger charge is -2.14. The van der Waals surface area contributed by atoms with Crippen LogP contribution in [-0.4, -0.2) is 37.6 Å². The lowest BCUT2D eigenvalue weighted by Crippen LogP contribution is -2.19. The lowest BCUT2D eigenvalue weighted by molar-refractivity contribution is 0.261. The van der Waals surface area contributed by atoms with Gasteiger partial charge < -0.3 is 28.4 Å². The minimum absolute atomic E-state index is 0.0949. The number of urea groups is 1. The number of ether oxygens (including phenoxy) is 3. The van der Waals surface area contributed by atoms with Crippen LogP contribution in [0.4, 0.5) is 16.5 Å². The predicted molar refractivity (Wildman–Crippen MR) is 98.4 cm³/mol. The summed E-state index contributed by atoms with van der Waals surface area (Å²) in [4.78, 5) is 12.2. The Labute approximate surface area is 161 Å². The molecule has 3 rings (SSSR count). The van der Waals surface area contributed by atoms with Gasteiger partial charge in [-0.05, 0) is 28.1 Å². The molecular formula is C16H15BrN4O6. The second kappa shape index (κ2) is 7.99. The summed E-state index contributed by atoms with van der Waals surface area (Å²) in [7, 11) is 4.45. The molecule has 0 aliphatic heterocycles. The highest BCUT2D eigenvalue weighted by molar-refractivity contribution is 9.10. The topological polar surface area (TPSA) is 121 Å². The standard InChI is InChI=1S/C16H15BrN4O6/c1-23-10-6-8(7-11(24-2)13(10)25-3)18-15(22)19-16-21-20-14(27-16)9-4-5-12(17)26-9/h4-7H,1-3H3,(H2,18,19,21,22). The number of carbonyl (C=O) groups excluding carboxylic acids is 1. The molecule has 1 aromatic carbocycles. The molecule has 2 aromatic heterocycles. The first-order valence-electron chi connectivity index (χ1n) is 7.51. The molecule has 142 valence electrons. The largest absolute Gasteiger partial charge is 0.493 e. The molecule has 2 heterocycles. The maximum Gasteiger partial charge on any atom is 0.327 e. The average Bonchev–Trinajstić information content (AvgIpc) is 3.29. The molecule has 10 nitrogen and oxygen atoms in total. The van der Waals surface area contributed by atoms with Crippen LogP contribution in [0.2, 0.25) is 0 Å². The number of methoxy groups -OCH3 is 3. The number of benzene rings is 1. The Balaban J connectivity index is 1.72. The highest BCUT2D eigenvalue weighted by Crippen LogP contribution is 2.39. The third-order valence-corrected chi connectivity index (χ3v) is 3.78. The van der Waals surface area contributed by atoms with Crippen LogP contribution in [0.25, 0.3) is 11.7 Å². The van der Waals surface area contributed by atoms with Gasteiger partial charge in [-0.2, -0.15) is 0 Å². The van der Waals surface area contributed by atoms with Gasteiger partial charge in [0.15, 0.2) is 21.9 Å². The van der Waals surface area contributed by atoms with E-state index in [1.807, 2.05) is 0 Å². The van der Waals surface area contributed by atoms with E-state index in [9.17, 15) is 4.79 Å². The molecule has 2 amide bonds. The van der Waals surface area contributed by atoms with Crippen LogP contribution in [0.1, 0.15) is 0 Å². The summed E-state index contributed by atoms with van der Waals surface area (Å²) in [5.74, 6) is 1.71. The smallest absolute Gasteiger partial charge is 0.327 e. The van der Waals surface area contributed by atoms with Crippen LogP contribution < -0.4 is 24.8 Å². The van der Waals surface area contributed by atoms with Gasteiger partial charge in [-0.15, -0.1) is 5.10 Å². The average molecular weight is 439 g/mol. The molecule has 0 saturated heterocycles. The normalized spacial score (nSPS) is 10.4. The van der Waals surface area contributed by atoms with Crippen molar-refractivity contribution in [2.24, 2.45) is 0 Å². The summed E-state index contributed by atoms with van der Waals surface area (Å²) in [5, 5.41) is 12.6. The fraction of sp³-hybridized carbons (Fsp3) is 0.188. The summed E-state index contributed by atoms with van der Waals surface area (Å²) >= 11 is 3.18. The summed E-state index contributed by atoms with van der Waals surface area (Å²) in [6.45, 7) is 0. The summed E-state index contributed by atoms with van der Waals surface area (Å²) in [6, 6.07) is 5.81. The molecule has 2 N–H and O–H groups in total. The molecule has 0 spiro atoms. The van der Waals surface area contributed by atoms with Crippen molar-refractivity contribution in [2.45, 2.75) is 0 Å². The highest BCUT2D eigenvalue weighted by atomic mass is 79.9. The Morgan fingerprint density at radius 2 is 1.70 bits per heavy atom. The zero-order valence-electron chi connectivity index (χ0n) is 14.5. The van der Waals surface area contributed by atoms with E-state index < -0.39 is 6.03 Å². The van der Waals surface area contributed by atoms with E-state index in [4.69, 9.17) is 23.0 Å². The van der Waals surface area contributed by atoms with Gasteiger partial charge in [0, 0.05) is 12.1 Å². The lowest BCUT2D eigenvalue weighted by atomic mass is 10.2. The van der Waals surface area contributed by atoms with Crippen LogP contribution in [0, 0.1) is 0 Å². The Morgan fingerprint density at radius 3 is 2.26 bits per heavy atom. The summed E-state index contributed by atoms with van der Waals surface area (Å²) in [5.41, 5.74) is 0.414. The van der Waals surface area contributed by atoms with Crippen molar-refractivity contribution in [3.05, 3.63) is 28.9 Å². The molecule has 0 bridgehead atoms. The summed E-state index contributed by atoms with van der Waals surface area (Å²) in [6.07, 6.45) is 0. The zero-order valence-corrected chi connectivity index (χ0v) is 16.1. The number of hydrogen-bond donors (Lipinski definition) is 2. The Morgan fingerprint density at radius 1 is 1.00 bits per heavy atom. The van der Waals surface area contributed by atoms with E-state index in [-0.39, 0.29) is 11.9 Å². The monoisotopic (exact) mass is 438 g/mol. The van der Waals surface area contributed by atoms with Gasteiger partial charge in [-0.25, -0.2) is 4.79 Å². The van der Waals surface area contributed by atoms with Crippen molar-refractivity contribution < 1.29 is 27.8 Å². The van der Waals surface area contributed by atoms with Gasteiger partial charge in [-0.1, -0.05) is 5.10 Å². The minimum Gasteiger partial charge on any atom is -0.493 e. The Hall–Kier alpha value is -3.21. The molecule has 0 unspecified atom stereocenters. The van der Waals surface area contributed by atoms with Crippen molar-refractivity contribution in [2.75, 3.05) is 32.0 Å². The minimum atomic E-state index is -0.597. The third-order valence-electron chi connectivity index (χ3n) is 3.35. The molecule has 11 heteroatoms. The van der Waals surface area contributed by atoms with Gasteiger partial charge in [0.1, 0.15) is 0 Å². The fourth-order valence-electron chi connectivity index (χ4n) is 2.22. The Bertz CT molecular complexity index is 929. The first-order valence-corrected chi connectivity index (χ1v) is 8.30. The SMILES string of the molecule is COc1cc(NC(=O)Nc2nnc(-c3ccc(Br)o3)o2)cc(OC)c1OC. The van der Waals surface area contributed by atoms with E-state index in [0.29, 0.717) is 33.4 Å². The quantitative estimate of drug-likeness (QED) is 0.596. The molecule has 0 aliphatic rings. The Kier molecular flexibility index (Phi) is 5.50. The number of aromatic nitrogens is 2. The molecular weight excluding hydrogens is 424 g/mol. The van der Waals surface area contributed by atoms with Crippen molar-refractivity contribution in [3.8, 4) is 28.9 Å². The number of nitrogens with zero attached hydrogens (tertiary/aromatic N) is 2. The molecule has 0 radical (unpaired) electrons. The van der Waals surface area contributed by atoms with Crippen molar-refractivity contribution >= 4 is 33.7 Å². The maximum absolute atomic E-state index is 12.2. The molecule has 0 fully saturated rings. The van der Waals surface area contributed by atoms with Gasteiger partial charge in [-0.3, -0.25) is 5.32 Å². The number of nitrogens with one attached hydrogen (secondary N) is 2. The van der Waals surface area contributed by atoms with E-state index in [0.717, 1.165) is 0 Å². The first kappa shape index (κ1) is 18.6. The first-order chi connectivity index (χ1) is 13.0. The van der Waals surface area contributed by atoms with Crippen LogP contribution in [0.15, 0.2) is 37.8 Å². The second-order valence-corrected chi connectivity index (χ2v) is 5.79. The van der Waals surface area contributed by atoms with Gasteiger partial charge in [0.2, 0.25) is 5.75 Å². The molecule has 27 heavy (non-hydrogen) atoms. The zero-order chi connectivity index (χ0) is 19.4. The number of anilines is 2. The fourth-order valence-corrected chi connectivity index (χ4v) is 2.52. The van der Waals surface area contributed by atoms with Gasteiger partial charge in [0.05, 0.1) is 27.0 Å².